The van der Waals surface area contributed by atoms with Gasteiger partial charge in [-0.05, 0) is 39.7 Å². The SMILES string of the molecule is C=C(C)COCCNC1CC2CCC(C1)N2C. The van der Waals surface area contributed by atoms with Gasteiger partial charge in [0.1, 0.15) is 0 Å². The molecule has 2 fully saturated rings. The zero-order chi connectivity index (χ0) is 12.3. The highest BCUT2D eigenvalue weighted by Crippen LogP contribution is 2.33. The average molecular weight is 238 g/mol. The van der Waals surface area contributed by atoms with E-state index in [1.54, 1.807) is 0 Å². The first-order valence-corrected chi connectivity index (χ1v) is 6.84. The van der Waals surface area contributed by atoms with Crippen molar-refractivity contribution < 1.29 is 4.74 Å². The molecule has 0 aromatic carbocycles. The Kier molecular flexibility index (Phi) is 4.60. The van der Waals surface area contributed by atoms with Gasteiger partial charge < -0.3 is 15.0 Å². The van der Waals surface area contributed by atoms with Gasteiger partial charge in [0.25, 0.3) is 0 Å². The molecular formula is C14H26N2O. The summed E-state index contributed by atoms with van der Waals surface area (Å²) < 4.78 is 5.50. The highest BCUT2D eigenvalue weighted by atomic mass is 16.5. The third-order valence-corrected chi connectivity index (χ3v) is 4.13. The molecular weight excluding hydrogens is 212 g/mol. The van der Waals surface area contributed by atoms with Crippen molar-refractivity contribution in [1.82, 2.24) is 10.2 Å². The van der Waals surface area contributed by atoms with Crippen molar-refractivity contribution in [2.24, 2.45) is 0 Å². The van der Waals surface area contributed by atoms with Crippen LogP contribution in [-0.2, 0) is 4.74 Å². The van der Waals surface area contributed by atoms with Crippen LogP contribution >= 0.6 is 0 Å². The molecule has 1 N–H and O–H groups in total. The van der Waals surface area contributed by atoms with Gasteiger partial charge in [0.2, 0.25) is 0 Å². The van der Waals surface area contributed by atoms with Crippen LogP contribution in [0.2, 0.25) is 0 Å². The Balaban J connectivity index is 1.60. The van der Waals surface area contributed by atoms with Gasteiger partial charge in [0.15, 0.2) is 0 Å². The van der Waals surface area contributed by atoms with E-state index in [4.69, 9.17) is 4.74 Å². The van der Waals surface area contributed by atoms with Gasteiger partial charge in [-0.2, -0.15) is 0 Å². The van der Waals surface area contributed by atoms with Gasteiger partial charge in [0.05, 0.1) is 13.2 Å². The summed E-state index contributed by atoms with van der Waals surface area (Å²) in [6, 6.07) is 2.35. The summed E-state index contributed by atoms with van der Waals surface area (Å²) in [6.45, 7) is 8.30. The first kappa shape index (κ1) is 13.1. The highest BCUT2D eigenvalue weighted by Gasteiger charge is 2.37. The number of hydrogen-bond donors (Lipinski definition) is 1. The van der Waals surface area contributed by atoms with Crippen LogP contribution in [0, 0.1) is 0 Å². The maximum absolute atomic E-state index is 5.50. The lowest BCUT2D eigenvalue weighted by atomic mass is 9.98. The van der Waals surface area contributed by atoms with Crippen molar-refractivity contribution in [2.75, 3.05) is 26.8 Å². The van der Waals surface area contributed by atoms with Crippen LogP contribution in [0.3, 0.4) is 0 Å². The predicted octanol–water partition coefficient (Wildman–Crippen LogP) is 1.79. The fourth-order valence-electron chi connectivity index (χ4n) is 3.16. The molecule has 3 heteroatoms. The predicted molar refractivity (Wildman–Crippen MR) is 71.2 cm³/mol. The molecule has 2 aliphatic heterocycles. The van der Waals surface area contributed by atoms with Crippen molar-refractivity contribution in [3.63, 3.8) is 0 Å². The van der Waals surface area contributed by atoms with Gasteiger partial charge in [-0.25, -0.2) is 0 Å². The second-order valence-electron chi connectivity index (χ2n) is 5.68. The van der Waals surface area contributed by atoms with Crippen LogP contribution in [0.1, 0.15) is 32.6 Å². The Hall–Kier alpha value is -0.380. The van der Waals surface area contributed by atoms with Crippen molar-refractivity contribution in [2.45, 2.75) is 50.7 Å². The molecule has 2 atom stereocenters. The molecule has 98 valence electrons. The summed E-state index contributed by atoms with van der Waals surface area (Å²) in [5.74, 6) is 0. The molecule has 0 aromatic heterocycles. The fourth-order valence-corrected chi connectivity index (χ4v) is 3.16. The van der Waals surface area contributed by atoms with Gasteiger partial charge >= 0.3 is 0 Å². The van der Waals surface area contributed by atoms with Crippen molar-refractivity contribution in [1.29, 1.82) is 0 Å². The van der Waals surface area contributed by atoms with Gasteiger partial charge in [0, 0.05) is 24.7 Å². The quantitative estimate of drug-likeness (QED) is 0.564. The third kappa shape index (κ3) is 3.54. The first-order chi connectivity index (χ1) is 8.16. The summed E-state index contributed by atoms with van der Waals surface area (Å²) in [7, 11) is 2.29. The fraction of sp³-hybridized carbons (Fsp3) is 0.857. The number of nitrogens with one attached hydrogen (secondary N) is 1. The Bertz CT molecular complexity index is 253. The maximum Gasteiger partial charge on any atom is 0.0672 e. The summed E-state index contributed by atoms with van der Waals surface area (Å²) in [6.07, 6.45) is 5.41. The number of rotatable bonds is 6. The second-order valence-corrected chi connectivity index (χ2v) is 5.68. The lowest BCUT2D eigenvalue weighted by Crippen LogP contribution is -2.47. The molecule has 3 nitrogen and oxygen atoms in total. The van der Waals surface area contributed by atoms with E-state index in [0.29, 0.717) is 12.6 Å². The van der Waals surface area contributed by atoms with E-state index in [9.17, 15) is 0 Å². The number of nitrogens with zero attached hydrogens (tertiary/aromatic N) is 1. The minimum absolute atomic E-state index is 0.695. The minimum atomic E-state index is 0.695. The minimum Gasteiger partial charge on any atom is -0.376 e. The van der Waals surface area contributed by atoms with Crippen molar-refractivity contribution >= 4 is 0 Å². The largest absolute Gasteiger partial charge is 0.376 e. The number of piperidine rings is 1. The zero-order valence-corrected chi connectivity index (χ0v) is 11.2. The number of fused-ring (bicyclic) bond motifs is 2. The summed E-state index contributed by atoms with van der Waals surface area (Å²) in [5.41, 5.74) is 1.10. The van der Waals surface area contributed by atoms with E-state index in [0.717, 1.165) is 30.8 Å². The Morgan fingerprint density at radius 3 is 2.59 bits per heavy atom. The smallest absolute Gasteiger partial charge is 0.0672 e. The maximum atomic E-state index is 5.50. The normalized spacial score (nSPS) is 32.9. The van der Waals surface area contributed by atoms with E-state index in [2.05, 4.69) is 23.8 Å². The number of ether oxygens (including phenoxy) is 1. The molecule has 17 heavy (non-hydrogen) atoms. The van der Waals surface area contributed by atoms with E-state index in [1.807, 2.05) is 6.92 Å². The lowest BCUT2D eigenvalue weighted by Gasteiger charge is -2.36. The first-order valence-electron chi connectivity index (χ1n) is 6.84. The van der Waals surface area contributed by atoms with Crippen molar-refractivity contribution in [3.8, 4) is 0 Å². The van der Waals surface area contributed by atoms with Crippen LogP contribution in [0.25, 0.3) is 0 Å². The lowest BCUT2D eigenvalue weighted by molar-refractivity contribution is 0.129. The molecule has 0 radical (unpaired) electrons. The van der Waals surface area contributed by atoms with Crippen LogP contribution in [0.15, 0.2) is 12.2 Å². The summed E-state index contributed by atoms with van der Waals surface area (Å²) >= 11 is 0. The molecule has 0 aliphatic carbocycles. The summed E-state index contributed by atoms with van der Waals surface area (Å²) in [4.78, 5) is 2.58. The monoisotopic (exact) mass is 238 g/mol. The van der Waals surface area contributed by atoms with E-state index in [-0.39, 0.29) is 0 Å². The molecule has 0 saturated carbocycles. The average Bonchev–Trinajstić information content (AvgIpc) is 2.52. The van der Waals surface area contributed by atoms with Gasteiger partial charge in [-0.3, -0.25) is 0 Å². The molecule has 2 aliphatic rings. The van der Waals surface area contributed by atoms with Crippen LogP contribution in [-0.4, -0.2) is 49.8 Å². The Morgan fingerprint density at radius 1 is 1.35 bits per heavy atom. The third-order valence-electron chi connectivity index (χ3n) is 4.13. The van der Waals surface area contributed by atoms with Gasteiger partial charge in [-0.1, -0.05) is 12.2 Å². The molecule has 2 bridgehead atoms. The van der Waals surface area contributed by atoms with Crippen molar-refractivity contribution in [3.05, 3.63) is 12.2 Å². The molecule has 0 spiro atoms. The van der Waals surface area contributed by atoms with E-state index in [1.165, 1.54) is 25.7 Å². The molecule has 0 amide bonds. The Labute approximate surface area is 105 Å². The summed E-state index contributed by atoms with van der Waals surface area (Å²) in [5, 5.41) is 3.64. The topological polar surface area (TPSA) is 24.5 Å². The Morgan fingerprint density at radius 2 is 2.00 bits per heavy atom. The van der Waals surface area contributed by atoms with Crippen LogP contribution in [0.4, 0.5) is 0 Å². The van der Waals surface area contributed by atoms with Crippen LogP contribution in [0.5, 0.6) is 0 Å². The zero-order valence-electron chi connectivity index (χ0n) is 11.2. The number of hydrogen-bond acceptors (Lipinski definition) is 3. The molecule has 0 aromatic rings. The van der Waals surface area contributed by atoms with E-state index >= 15 is 0 Å². The molecule has 2 rings (SSSR count). The molecule has 2 saturated heterocycles. The molecule has 2 unspecified atom stereocenters. The van der Waals surface area contributed by atoms with Gasteiger partial charge in [-0.15, -0.1) is 0 Å². The second kappa shape index (κ2) is 5.98. The van der Waals surface area contributed by atoms with Crippen LogP contribution < -0.4 is 5.32 Å². The standard InChI is InChI=1S/C14H26N2O/c1-11(2)10-17-7-6-15-12-8-13-4-5-14(9-12)16(13)3/h12-15H,1,4-10H2,2-3H3. The molecule has 2 heterocycles. The van der Waals surface area contributed by atoms with E-state index < -0.39 is 0 Å². The highest BCUT2D eigenvalue weighted by molar-refractivity contribution is 4.95.